The van der Waals surface area contributed by atoms with Gasteiger partial charge in [-0.15, -0.1) is 0 Å². The van der Waals surface area contributed by atoms with Gasteiger partial charge in [0.05, 0.1) is 12.3 Å². The van der Waals surface area contributed by atoms with E-state index in [-0.39, 0.29) is 24.3 Å². The van der Waals surface area contributed by atoms with Crippen molar-refractivity contribution in [2.75, 3.05) is 13.2 Å². The Hall–Kier alpha value is -1.85. The van der Waals surface area contributed by atoms with Gasteiger partial charge in [-0.2, -0.15) is 0 Å². The SMILES string of the molecule is CCOC(=O)CN(C(=O)c1ocnc1C)C1CC1. The number of rotatable bonds is 5. The molecular weight excluding hydrogens is 236 g/mol. The summed E-state index contributed by atoms with van der Waals surface area (Å²) in [6, 6.07) is 0.117. The molecule has 1 aliphatic rings. The van der Waals surface area contributed by atoms with Crippen molar-refractivity contribution in [3.05, 3.63) is 17.8 Å². The molecule has 1 fully saturated rings. The van der Waals surface area contributed by atoms with E-state index in [2.05, 4.69) is 4.98 Å². The number of carbonyl (C=O) groups excluding carboxylic acids is 2. The summed E-state index contributed by atoms with van der Waals surface area (Å²) in [4.78, 5) is 29.1. The molecule has 0 unspecified atom stereocenters. The lowest BCUT2D eigenvalue weighted by Gasteiger charge is -2.20. The molecule has 0 atom stereocenters. The molecule has 98 valence electrons. The standard InChI is InChI=1S/C12H16N2O4/c1-3-17-10(15)6-14(9-4-5-9)12(16)11-8(2)13-7-18-11/h7,9H,3-6H2,1-2H3. The van der Waals surface area contributed by atoms with E-state index in [9.17, 15) is 9.59 Å². The molecule has 0 bridgehead atoms. The van der Waals surface area contributed by atoms with Crippen molar-refractivity contribution < 1.29 is 18.7 Å². The van der Waals surface area contributed by atoms with Crippen LogP contribution in [0.3, 0.4) is 0 Å². The first-order valence-electron chi connectivity index (χ1n) is 6.00. The minimum atomic E-state index is -0.394. The monoisotopic (exact) mass is 252 g/mol. The number of carbonyl (C=O) groups is 2. The molecule has 0 saturated heterocycles. The van der Waals surface area contributed by atoms with Crippen molar-refractivity contribution >= 4 is 11.9 Å². The normalized spacial score (nSPS) is 14.3. The first kappa shape index (κ1) is 12.6. The van der Waals surface area contributed by atoms with Gasteiger partial charge in [0.25, 0.3) is 5.91 Å². The maximum atomic E-state index is 12.2. The third kappa shape index (κ3) is 2.69. The van der Waals surface area contributed by atoms with Crippen LogP contribution in [0.5, 0.6) is 0 Å². The molecule has 0 aliphatic heterocycles. The molecule has 0 N–H and O–H groups in total. The van der Waals surface area contributed by atoms with Crippen LogP contribution in [0.4, 0.5) is 0 Å². The van der Waals surface area contributed by atoms with Crippen LogP contribution in [-0.2, 0) is 9.53 Å². The highest BCUT2D eigenvalue weighted by Crippen LogP contribution is 2.28. The number of esters is 1. The summed E-state index contributed by atoms with van der Waals surface area (Å²) in [5, 5.41) is 0. The van der Waals surface area contributed by atoms with Crippen LogP contribution >= 0.6 is 0 Å². The molecule has 18 heavy (non-hydrogen) atoms. The van der Waals surface area contributed by atoms with E-state index in [4.69, 9.17) is 9.15 Å². The fourth-order valence-corrected chi connectivity index (χ4v) is 1.74. The van der Waals surface area contributed by atoms with Gasteiger partial charge in [0, 0.05) is 6.04 Å². The molecule has 1 saturated carbocycles. The molecule has 1 amide bonds. The Bertz CT molecular complexity index is 451. The number of nitrogens with zero attached hydrogens (tertiary/aromatic N) is 2. The number of hydrogen-bond donors (Lipinski definition) is 0. The van der Waals surface area contributed by atoms with E-state index in [1.54, 1.807) is 13.8 Å². The molecule has 1 aliphatic carbocycles. The fraction of sp³-hybridized carbons (Fsp3) is 0.583. The van der Waals surface area contributed by atoms with Crippen molar-refractivity contribution in [3.63, 3.8) is 0 Å². The summed E-state index contributed by atoms with van der Waals surface area (Å²) in [5.74, 6) is -0.485. The fourth-order valence-electron chi connectivity index (χ4n) is 1.74. The molecule has 1 heterocycles. The molecule has 6 heteroatoms. The second-order valence-corrected chi connectivity index (χ2v) is 4.24. The minimum Gasteiger partial charge on any atom is -0.465 e. The van der Waals surface area contributed by atoms with E-state index in [1.165, 1.54) is 11.3 Å². The van der Waals surface area contributed by atoms with Crippen LogP contribution in [0.25, 0.3) is 0 Å². The largest absolute Gasteiger partial charge is 0.465 e. The van der Waals surface area contributed by atoms with Crippen LogP contribution in [0.15, 0.2) is 10.8 Å². The Morgan fingerprint density at radius 2 is 2.28 bits per heavy atom. The molecule has 2 rings (SSSR count). The number of aromatic nitrogens is 1. The van der Waals surface area contributed by atoms with Gasteiger partial charge >= 0.3 is 5.97 Å². The molecule has 1 aromatic heterocycles. The molecule has 0 spiro atoms. The summed E-state index contributed by atoms with van der Waals surface area (Å²) < 4.78 is 9.94. The van der Waals surface area contributed by atoms with Crippen molar-refractivity contribution in [1.82, 2.24) is 9.88 Å². The lowest BCUT2D eigenvalue weighted by Crippen LogP contribution is -2.38. The summed E-state index contributed by atoms with van der Waals surface area (Å²) in [6.07, 6.45) is 3.06. The first-order chi connectivity index (χ1) is 8.63. The zero-order chi connectivity index (χ0) is 13.1. The number of aryl methyl sites for hydroxylation is 1. The predicted molar refractivity (Wildman–Crippen MR) is 61.9 cm³/mol. The number of ether oxygens (including phenoxy) is 1. The number of oxazole rings is 1. The average Bonchev–Trinajstić information content (AvgIpc) is 3.08. The predicted octanol–water partition coefficient (Wildman–Crippen LogP) is 1.15. The van der Waals surface area contributed by atoms with E-state index < -0.39 is 5.97 Å². The van der Waals surface area contributed by atoms with Gasteiger partial charge in [0.1, 0.15) is 6.54 Å². The van der Waals surface area contributed by atoms with Gasteiger partial charge in [-0.1, -0.05) is 0 Å². The van der Waals surface area contributed by atoms with Gasteiger partial charge < -0.3 is 14.1 Å². The zero-order valence-corrected chi connectivity index (χ0v) is 10.5. The Balaban J connectivity index is 2.08. The topological polar surface area (TPSA) is 72.6 Å². The van der Waals surface area contributed by atoms with Crippen molar-refractivity contribution in [2.24, 2.45) is 0 Å². The van der Waals surface area contributed by atoms with Gasteiger partial charge in [0.15, 0.2) is 6.39 Å². The molecular formula is C12H16N2O4. The van der Waals surface area contributed by atoms with Crippen molar-refractivity contribution in [2.45, 2.75) is 32.7 Å². The highest BCUT2D eigenvalue weighted by molar-refractivity contribution is 5.94. The van der Waals surface area contributed by atoms with Gasteiger partial charge in [0.2, 0.25) is 5.76 Å². The van der Waals surface area contributed by atoms with Crippen LogP contribution < -0.4 is 0 Å². The van der Waals surface area contributed by atoms with Crippen LogP contribution in [-0.4, -0.2) is 41.0 Å². The Morgan fingerprint density at radius 1 is 1.56 bits per heavy atom. The quantitative estimate of drug-likeness (QED) is 0.735. The van der Waals surface area contributed by atoms with Crippen molar-refractivity contribution in [1.29, 1.82) is 0 Å². The Kier molecular flexibility index (Phi) is 3.64. The van der Waals surface area contributed by atoms with E-state index in [1.807, 2.05) is 0 Å². The minimum absolute atomic E-state index is 0.0303. The maximum absolute atomic E-state index is 12.2. The highest BCUT2D eigenvalue weighted by Gasteiger charge is 2.36. The van der Waals surface area contributed by atoms with Gasteiger partial charge in [-0.3, -0.25) is 9.59 Å². The second kappa shape index (κ2) is 5.20. The maximum Gasteiger partial charge on any atom is 0.325 e. The average molecular weight is 252 g/mol. The lowest BCUT2D eigenvalue weighted by atomic mass is 10.3. The first-order valence-corrected chi connectivity index (χ1v) is 6.00. The smallest absolute Gasteiger partial charge is 0.325 e. The third-order valence-corrected chi connectivity index (χ3v) is 2.79. The molecule has 0 aromatic carbocycles. The van der Waals surface area contributed by atoms with E-state index in [0.29, 0.717) is 12.3 Å². The number of hydrogen-bond acceptors (Lipinski definition) is 5. The third-order valence-electron chi connectivity index (χ3n) is 2.79. The number of amides is 1. The van der Waals surface area contributed by atoms with Crippen LogP contribution in [0.2, 0.25) is 0 Å². The summed E-state index contributed by atoms with van der Waals surface area (Å²) in [6.45, 7) is 3.72. The van der Waals surface area contributed by atoms with Crippen molar-refractivity contribution in [3.8, 4) is 0 Å². The second-order valence-electron chi connectivity index (χ2n) is 4.24. The van der Waals surface area contributed by atoms with E-state index >= 15 is 0 Å². The Morgan fingerprint density at radius 3 is 2.78 bits per heavy atom. The lowest BCUT2D eigenvalue weighted by molar-refractivity contribution is -0.144. The van der Waals surface area contributed by atoms with E-state index in [0.717, 1.165) is 12.8 Å². The molecule has 0 radical (unpaired) electrons. The highest BCUT2D eigenvalue weighted by atomic mass is 16.5. The molecule has 1 aromatic rings. The van der Waals surface area contributed by atoms with Crippen LogP contribution in [0.1, 0.15) is 36.0 Å². The summed E-state index contributed by atoms with van der Waals surface area (Å²) in [7, 11) is 0. The summed E-state index contributed by atoms with van der Waals surface area (Å²) >= 11 is 0. The van der Waals surface area contributed by atoms with Crippen LogP contribution in [0, 0.1) is 6.92 Å². The van der Waals surface area contributed by atoms with Gasteiger partial charge in [-0.05, 0) is 26.7 Å². The Labute approximate surface area is 105 Å². The van der Waals surface area contributed by atoms with Gasteiger partial charge in [-0.25, -0.2) is 4.98 Å². The zero-order valence-electron chi connectivity index (χ0n) is 10.5. The summed E-state index contributed by atoms with van der Waals surface area (Å²) in [5.41, 5.74) is 0.537. The molecule has 6 nitrogen and oxygen atoms in total.